The van der Waals surface area contributed by atoms with Gasteiger partial charge in [-0.05, 0) is 42.0 Å². The van der Waals surface area contributed by atoms with Crippen LogP contribution in [0.1, 0.15) is 5.56 Å². The topological polar surface area (TPSA) is 99.0 Å². The molecule has 0 unspecified atom stereocenters. The van der Waals surface area contributed by atoms with Crippen molar-refractivity contribution in [2.45, 2.75) is 6.61 Å². The minimum absolute atomic E-state index is 0.181. The van der Waals surface area contributed by atoms with Gasteiger partial charge < -0.3 is 24.7 Å². The molecule has 8 nitrogen and oxygen atoms in total. The monoisotopic (exact) mass is 474 g/mol. The molecule has 4 rings (SSSR count). The first-order chi connectivity index (χ1) is 15.4. The number of hydrogen-bond acceptors (Lipinski definition) is 6. The minimum Gasteiger partial charge on any atom is -0.465 e. The summed E-state index contributed by atoms with van der Waals surface area (Å²) in [6.07, 6.45) is 0.681. The Morgan fingerprint density at radius 3 is 2.34 bits per heavy atom. The zero-order chi connectivity index (χ0) is 22.7. The number of benzene rings is 1. The molecule has 0 atom stereocenters. The molecule has 0 radical (unpaired) electrons. The smallest absolute Gasteiger partial charge is 0.407 e. The number of carbonyl (C=O) groups is 1. The largest absolute Gasteiger partial charge is 0.465 e. The van der Waals surface area contributed by atoms with Crippen LogP contribution in [0.3, 0.4) is 0 Å². The first-order valence-electron chi connectivity index (χ1n) is 9.86. The molecule has 1 saturated heterocycles. The fourth-order valence-corrected chi connectivity index (χ4v) is 3.95. The molecule has 2 N–H and O–H groups in total. The molecule has 32 heavy (non-hydrogen) atoms. The lowest BCUT2D eigenvalue weighted by molar-refractivity contribution is 0.142. The van der Waals surface area contributed by atoms with E-state index in [9.17, 15) is 9.90 Å². The van der Waals surface area contributed by atoms with Crippen LogP contribution in [0.2, 0.25) is 10.0 Å². The number of nitrogens with zero attached hydrogens (tertiary/aromatic N) is 4. The van der Waals surface area contributed by atoms with Gasteiger partial charge in [-0.25, -0.2) is 14.8 Å². The quantitative estimate of drug-likeness (QED) is 0.559. The van der Waals surface area contributed by atoms with Gasteiger partial charge in [-0.15, -0.1) is 0 Å². The lowest BCUT2D eigenvalue weighted by atomic mass is 10.1. The highest BCUT2D eigenvalue weighted by Gasteiger charge is 2.21. The standard InChI is InChI=1S/C22H20Cl2N4O4/c23-16-9-15(10-17(24)11-16)19-7-14(13-29)8-21(26-19)32-18-1-2-20(25-12-18)27-3-5-28(6-4-27)22(30)31/h1-2,7-12,29H,3-6,13H2,(H,30,31). The predicted molar refractivity (Wildman–Crippen MR) is 122 cm³/mol. The number of aromatic nitrogens is 2. The van der Waals surface area contributed by atoms with Crippen LogP contribution in [-0.2, 0) is 6.61 Å². The number of carboxylic acid groups (broad SMARTS) is 1. The van der Waals surface area contributed by atoms with Gasteiger partial charge in [0.05, 0.1) is 18.5 Å². The van der Waals surface area contributed by atoms with Gasteiger partial charge in [0.2, 0.25) is 5.88 Å². The van der Waals surface area contributed by atoms with Gasteiger partial charge in [0.25, 0.3) is 0 Å². The van der Waals surface area contributed by atoms with Gasteiger partial charge >= 0.3 is 6.09 Å². The van der Waals surface area contributed by atoms with E-state index < -0.39 is 6.09 Å². The summed E-state index contributed by atoms with van der Waals surface area (Å²) in [6, 6.07) is 12.1. The molecule has 0 spiro atoms. The van der Waals surface area contributed by atoms with Crippen LogP contribution in [0.4, 0.5) is 10.6 Å². The van der Waals surface area contributed by atoms with Crippen molar-refractivity contribution < 1.29 is 19.7 Å². The zero-order valence-corrected chi connectivity index (χ0v) is 18.4. The number of pyridine rings is 2. The van der Waals surface area contributed by atoms with E-state index >= 15 is 0 Å². The first kappa shape index (κ1) is 22.1. The second kappa shape index (κ2) is 9.60. The van der Waals surface area contributed by atoms with E-state index in [0.29, 0.717) is 64.7 Å². The Kier molecular flexibility index (Phi) is 6.64. The minimum atomic E-state index is -0.904. The molecular weight excluding hydrogens is 455 g/mol. The van der Waals surface area contributed by atoms with E-state index in [1.165, 1.54) is 4.90 Å². The first-order valence-corrected chi connectivity index (χ1v) is 10.6. The molecule has 0 aliphatic carbocycles. The Bertz CT molecular complexity index is 1100. The Morgan fingerprint density at radius 2 is 1.75 bits per heavy atom. The third-order valence-electron chi connectivity index (χ3n) is 5.02. The number of halogens is 2. The molecular formula is C22H20Cl2N4O4. The highest BCUT2D eigenvalue weighted by Crippen LogP contribution is 2.30. The van der Waals surface area contributed by atoms with Crippen LogP contribution in [-0.4, -0.2) is 57.4 Å². The Labute approximate surface area is 194 Å². The number of hydrogen-bond donors (Lipinski definition) is 2. The molecule has 1 aromatic carbocycles. The molecule has 3 heterocycles. The maximum Gasteiger partial charge on any atom is 0.407 e. The lowest BCUT2D eigenvalue weighted by Crippen LogP contribution is -2.48. The fourth-order valence-electron chi connectivity index (χ4n) is 3.42. The molecule has 3 aromatic rings. The molecule has 0 saturated carbocycles. The number of amides is 1. The van der Waals surface area contributed by atoms with Crippen molar-refractivity contribution in [3.8, 4) is 22.9 Å². The second-order valence-corrected chi connectivity index (χ2v) is 8.10. The van der Waals surface area contributed by atoms with Gasteiger partial charge in [0.1, 0.15) is 11.6 Å². The number of aliphatic hydroxyl groups is 1. The summed E-state index contributed by atoms with van der Waals surface area (Å²) in [5.74, 6) is 1.52. The molecule has 1 amide bonds. The van der Waals surface area contributed by atoms with Crippen molar-refractivity contribution in [1.82, 2.24) is 14.9 Å². The van der Waals surface area contributed by atoms with Crippen LogP contribution in [0, 0.1) is 0 Å². The van der Waals surface area contributed by atoms with Crippen LogP contribution in [0.5, 0.6) is 11.6 Å². The molecule has 1 aliphatic rings. The maximum atomic E-state index is 11.0. The van der Waals surface area contributed by atoms with Gasteiger partial charge in [0, 0.05) is 47.9 Å². The summed E-state index contributed by atoms with van der Waals surface area (Å²) in [5, 5.41) is 19.7. The van der Waals surface area contributed by atoms with Crippen molar-refractivity contribution in [2.75, 3.05) is 31.1 Å². The third-order valence-corrected chi connectivity index (χ3v) is 5.46. The summed E-state index contributed by atoms with van der Waals surface area (Å²) in [6.45, 7) is 1.84. The molecule has 2 aromatic heterocycles. The summed E-state index contributed by atoms with van der Waals surface area (Å²) < 4.78 is 5.88. The predicted octanol–water partition coefficient (Wildman–Crippen LogP) is 4.54. The molecule has 166 valence electrons. The highest BCUT2D eigenvalue weighted by atomic mass is 35.5. The fraction of sp³-hybridized carbons (Fsp3) is 0.227. The molecule has 1 aliphatic heterocycles. The van der Waals surface area contributed by atoms with Gasteiger partial charge in [-0.1, -0.05) is 23.2 Å². The maximum absolute atomic E-state index is 11.0. The lowest BCUT2D eigenvalue weighted by Gasteiger charge is -2.33. The van der Waals surface area contributed by atoms with E-state index in [2.05, 4.69) is 9.97 Å². The van der Waals surface area contributed by atoms with E-state index in [4.69, 9.17) is 33.0 Å². The third kappa shape index (κ3) is 5.21. The SMILES string of the molecule is O=C(O)N1CCN(c2ccc(Oc3cc(CO)cc(-c4cc(Cl)cc(Cl)c4)n3)cn2)CC1. The summed E-state index contributed by atoms with van der Waals surface area (Å²) in [5.41, 5.74) is 1.90. The Hall–Kier alpha value is -3.07. The Balaban J connectivity index is 1.51. The highest BCUT2D eigenvalue weighted by molar-refractivity contribution is 6.35. The van der Waals surface area contributed by atoms with Crippen molar-refractivity contribution in [3.63, 3.8) is 0 Å². The van der Waals surface area contributed by atoms with Crippen molar-refractivity contribution in [2.24, 2.45) is 0 Å². The number of anilines is 1. The van der Waals surface area contributed by atoms with E-state index in [1.807, 2.05) is 11.0 Å². The van der Waals surface area contributed by atoms with E-state index in [1.54, 1.807) is 42.6 Å². The van der Waals surface area contributed by atoms with Crippen LogP contribution in [0.25, 0.3) is 11.3 Å². The van der Waals surface area contributed by atoms with Crippen molar-refractivity contribution in [1.29, 1.82) is 0 Å². The number of aliphatic hydroxyl groups excluding tert-OH is 1. The summed E-state index contributed by atoms with van der Waals surface area (Å²) in [4.78, 5) is 23.4. The van der Waals surface area contributed by atoms with Crippen molar-refractivity contribution >= 4 is 35.1 Å². The van der Waals surface area contributed by atoms with Crippen LogP contribution >= 0.6 is 23.2 Å². The molecule has 1 fully saturated rings. The molecule has 10 heteroatoms. The van der Waals surface area contributed by atoms with Gasteiger partial charge in [-0.3, -0.25) is 0 Å². The number of ether oxygens (including phenoxy) is 1. The normalized spacial score (nSPS) is 13.8. The average Bonchev–Trinajstić information content (AvgIpc) is 2.79. The van der Waals surface area contributed by atoms with E-state index in [0.717, 1.165) is 5.82 Å². The van der Waals surface area contributed by atoms with Crippen molar-refractivity contribution in [3.05, 3.63) is 64.3 Å². The molecule has 0 bridgehead atoms. The zero-order valence-electron chi connectivity index (χ0n) is 16.9. The van der Waals surface area contributed by atoms with Gasteiger partial charge in [0.15, 0.2) is 0 Å². The summed E-state index contributed by atoms with van der Waals surface area (Å²) >= 11 is 12.2. The second-order valence-electron chi connectivity index (χ2n) is 7.23. The number of rotatable bonds is 5. The van der Waals surface area contributed by atoms with Gasteiger partial charge in [-0.2, -0.15) is 0 Å². The van der Waals surface area contributed by atoms with E-state index in [-0.39, 0.29) is 6.61 Å². The summed E-state index contributed by atoms with van der Waals surface area (Å²) in [7, 11) is 0. The van der Waals surface area contributed by atoms with Crippen LogP contribution in [0.15, 0.2) is 48.7 Å². The average molecular weight is 475 g/mol. The number of piperazine rings is 1. The van der Waals surface area contributed by atoms with Crippen LogP contribution < -0.4 is 9.64 Å². The Morgan fingerprint density at radius 1 is 1.03 bits per heavy atom.